The van der Waals surface area contributed by atoms with Gasteiger partial charge in [0.05, 0.1) is 13.0 Å². The van der Waals surface area contributed by atoms with E-state index in [4.69, 9.17) is 21.1 Å². The summed E-state index contributed by atoms with van der Waals surface area (Å²) in [5.74, 6) is 1.44. The number of rotatable bonds is 5. The van der Waals surface area contributed by atoms with Crippen molar-refractivity contribution < 1.29 is 14.6 Å². The number of aliphatic hydroxyl groups excluding tert-OH is 1. The molecule has 0 aliphatic heterocycles. The standard InChI is InChI=1S/C11H15ClO3/c1-8-3-4-10(11(5-8)14-2)15-7-9(13)6-12/h3-5,9,13H,6-7H2,1-2H3. The first kappa shape index (κ1) is 12.1. The van der Waals surface area contributed by atoms with Gasteiger partial charge in [-0.15, -0.1) is 11.6 Å². The van der Waals surface area contributed by atoms with Crippen molar-refractivity contribution in [3.05, 3.63) is 23.8 Å². The Morgan fingerprint density at radius 3 is 2.73 bits per heavy atom. The van der Waals surface area contributed by atoms with Crippen molar-refractivity contribution in [3.8, 4) is 11.5 Å². The molecule has 0 fully saturated rings. The summed E-state index contributed by atoms with van der Waals surface area (Å²) in [7, 11) is 1.58. The van der Waals surface area contributed by atoms with E-state index in [2.05, 4.69) is 0 Å². The number of alkyl halides is 1. The second kappa shape index (κ2) is 5.83. The molecule has 15 heavy (non-hydrogen) atoms. The first-order chi connectivity index (χ1) is 7.17. The summed E-state index contributed by atoms with van der Waals surface area (Å²) < 4.78 is 10.5. The molecule has 0 heterocycles. The fourth-order valence-corrected chi connectivity index (χ4v) is 1.21. The summed E-state index contributed by atoms with van der Waals surface area (Å²) in [6.07, 6.45) is -0.655. The Morgan fingerprint density at radius 2 is 2.13 bits per heavy atom. The Labute approximate surface area is 94.6 Å². The Bertz CT molecular complexity index is 315. The minimum Gasteiger partial charge on any atom is -0.493 e. The minimum atomic E-state index is -0.655. The van der Waals surface area contributed by atoms with Crippen molar-refractivity contribution in [2.24, 2.45) is 0 Å². The third-order valence-corrected chi connectivity index (χ3v) is 2.28. The van der Waals surface area contributed by atoms with E-state index in [-0.39, 0.29) is 12.5 Å². The molecule has 1 N–H and O–H groups in total. The van der Waals surface area contributed by atoms with Gasteiger partial charge >= 0.3 is 0 Å². The van der Waals surface area contributed by atoms with Crippen LogP contribution in [-0.4, -0.2) is 30.8 Å². The molecule has 0 aliphatic rings. The molecule has 0 radical (unpaired) electrons. The molecule has 1 aromatic rings. The quantitative estimate of drug-likeness (QED) is 0.787. The molecule has 0 saturated carbocycles. The van der Waals surface area contributed by atoms with Crippen LogP contribution in [0.4, 0.5) is 0 Å². The van der Waals surface area contributed by atoms with Gasteiger partial charge in [-0.3, -0.25) is 0 Å². The Kier molecular flexibility index (Phi) is 4.72. The molecule has 3 nitrogen and oxygen atoms in total. The van der Waals surface area contributed by atoms with Gasteiger partial charge in [-0.1, -0.05) is 6.07 Å². The van der Waals surface area contributed by atoms with Crippen LogP contribution in [-0.2, 0) is 0 Å². The van der Waals surface area contributed by atoms with Crippen LogP contribution in [0, 0.1) is 6.92 Å². The fraction of sp³-hybridized carbons (Fsp3) is 0.455. The first-order valence-corrected chi connectivity index (χ1v) is 5.22. The molecular weight excluding hydrogens is 216 g/mol. The van der Waals surface area contributed by atoms with E-state index in [9.17, 15) is 5.11 Å². The lowest BCUT2D eigenvalue weighted by atomic mass is 10.2. The highest BCUT2D eigenvalue weighted by Crippen LogP contribution is 2.27. The third kappa shape index (κ3) is 3.61. The highest BCUT2D eigenvalue weighted by molar-refractivity contribution is 6.18. The van der Waals surface area contributed by atoms with Crippen molar-refractivity contribution in [3.63, 3.8) is 0 Å². The molecule has 1 rings (SSSR count). The fourth-order valence-electron chi connectivity index (χ4n) is 1.12. The van der Waals surface area contributed by atoms with E-state index >= 15 is 0 Å². The highest BCUT2D eigenvalue weighted by Gasteiger charge is 2.07. The van der Waals surface area contributed by atoms with Gasteiger partial charge in [-0.2, -0.15) is 0 Å². The second-order valence-electron chi connectivity index (χ2n) is 3.27. The zero-order valence-corrected chi connectivity index (χ0v) is 9.62. The number of methoxy groups -OCH3 is 1. The maximum atomic E-state index is 9.24. The van der Waals surface area contributed by atoms with Gasteiger partial charge in [0.25, 0.3) is 0 Å². The summed E-state index contributed by atoms with van der Waals surface area (Å²) in [6.45, 7) is 2.14. The number of aliphatic hydroxyl groups is 1. The molecule has 0 aromatic heterocycles. The lowest BCUT2D eigenvalue weighted by Crippen LogP contribution is -2.19. The summed E-state index contributed by atoms with van der Waals surface area (Å²) in [5, 5.41) is 9.24. The molecule has 1 atom stereocenters. The summed E-state index contributed by atoms with van der Waals surface area (Å²) in [5.41, 5.74) is 1.09. The van der Waals surface area contributed by atoms with E-state index in [1.165, 1.54) is 0 Å². The van der Waals surface area contributed by atoms with Gasteiger partial charge in [0.15, 0.2) is 11.5 Å². The van der Waals surface area contributed by atoms with E-state index in [1.807, 2.05) is 25.1 Å². The van der Waals surface area contributed by atoms with E-state index in [0.29, 0.717) is 11.5 Å². The SMILES string of the molecule is COc1cc(C)ccc1OCC(O)CCl. The normalized spacial score (nSPS) is 12.3. The molecular formula is C11H15ClO3. The molecule has 84 valence electrons. The van der Waals surface area contributed by atoms with Crippen LogP contribution in [0.15, 0.2) is 18.2 Å². The molecule has 0 bridgehead atoms. The van der Waals surface area contributed by atoms with Gasteiger partial charge < -0.3 is 14.6 Å². The van der Waals surface area contributed by atoms with Gasteiger partial charge in [0.1, 0.15) is 12.7 Å². The van der Waals surface area contributed by atoms with Crippen molar-refractivity contribution >= 4 is 11.6 Å². The van der Waals surface area contributed by atoms with Crippen LogP contribution in [0.1, 0.15) is 5.56 Å². The number of halogens is 1. The average Bonchev–Trinajstić information content (AvgIpc) is 2.26. The topological polar surface area (TPSA) is 38.7 Å². The second-order valence-corrected chi connectivity index (χ2v) is 3.58. The predicted molar refractivity (Wildman–Crippen MR) is 60.0 cm³/mol. The van der Waals surface area contributed by atoms with E-state index in [0.717, 1.165) is 5.56 Å². The van der Waals surface area contributed by atoms with Gasteiger partial charge in [-0.25, -0.2) is 0 Å². The zero-order chi connectivity index (χ0) is 11.3. The maximum Gasteiger partial charge on any atom is 0.161 e. The van der Waals surface area contributed by atoms with Crippen molar-refractivity contribution in [2.75, 3.05) is 19.6 Å². The minimum absolute atomic E-state index is 0.161. The smallest absolute Gasteiger partial charge is 0.161 e. The monoisotopic (exact) mass is 230 g/mol. The lowest BCUT2D eigenvalue weighted by Gasteiger charge is -2.13. The van der Waals surface area contributed by atoms with E-state index < -0.39 is 6.10 Å². The van der Waals surface area contributed by atoms with Crippen LogP contribution in [0.3, 0.4) is 0 Å². The summed E-state index contributed by atoms with van der Waals surface area (Å²) in [6, 6.07) is 5.61. The Hall–Kier alpha value is -0.930. The van der Waals surface area contributed by atoms with Crippen LogP contribution >= 0.6 is 11.6 Å². The molecule has 0 amide bonds. The molecule has 0 spiro atoms. The molecule has 0 aliphatic carbocycles. The number of aryl methyl sites for hydroxylation is 1. The van der Waals surface area contributed by atoms with Crippen molar-refractivity contribution in [1.82, 2.24) is 0 Å². The van der Waals surface area contributed by atoms with Gasteiger partial charge in [0, 0.05) is 0 Å². The van der Waals surface area contributed by atoms with Crippen molar-refractivity contribution in [1.29, 1.82) is 0 Å². The van der Waals surface area contributed by atoms with E-state index in [1.54, 1.807) is 7.11 Å². The number of ether oxygens (including phenoxy) is 2. The van der Waals surface area contributed by atoms with Crippen LogP contribution in [0.25, 0.3) is 0 Å². The van der Waals surface area contributed by atoms with Gasteiger partial charge in [-0.05, 0) is 24.6 Å². The highest BCUT2D eigenvalue weighted by atomic mass is 35.5. The Morgan fingerprint density at radius 1 is 1.40 bits per heavy atom. The molecule has 1 unspecified atom stereocenters. The summed E-state index contributed by atoms with van der Waals surface area (Å²) in [4.78, 5) is 0. The van der Waals surface area contributed by atoms with Crippen LogP contribution in [0.5, 0.6) is 11.5 Å². The molecule has 1 aromatic carbocycles. The van der Waals surface area contributed by atoms with Gasteiger partial charge in [0.2, 0.25) is 0 Å². The zero-order valence-electron chi connectivity index (χ0n) is 8.87. The van der Waals surface area contributed by atoms with Crippen molar-refractivity contribution in [2.45, 2.75) is 13.0 Å². The Balaban J connectivity index is 2.67. The number of benzene rings is 1. The van der Waals surface area contributed by atoms with Crippen LogP contribution in [0.2, 0.25) is 0 Å². The summed E-state index contributed by atoms with van der Waals surface area (Å²) >= 11 is 5.46. The molecule has 0 saturated heterocycles. The largest absolute Gasteiger partial charge is 0.493 e. The first-order valence-electron chi connectivity index (χ1n) is 4.69. The lowest BCUT2D eigenvalue weighted by molar-refractivity contribution is 0.123. The average molecular weight is 231 g/mol. The predicted octanol–water partition coefficient (Wildman–Crippen LogP) is 1.98. The molecule has 4 heteroatoms. The number of hydrogen-bond donors (Lipinski definition) is 1. The third-order valence-electron chi connectivity index (χ3n) is 1.93. The maximum absolute atomic E-state index is 9.24. The number of hydrogen-bond acceptors (Lipinski definition) is 3. The van der Waals surface area contributed by atoms with Crippen LogP contribution < -0.4 is 9.47 Å².